The third kappa shape index (κ3) is 1.97. The fraction of sp³-hybridized carbons (Fsp3) is 0. The summed E-state index contributed by atoms with van der Waals surface area (Å²) in [5.74, 6) is 0.636. The van der Waals surface area contributed by atoms with Crippen LogP contribution in [0.1, 0.15) is 0 Å². The summed E-state index contributed by atoms with van der Waals surface area (Å²) >= 11 is 5.69. The molecule has 0 amide bonds. The molecule has 1 radical (unpaired) electrons. The molecule has 0 aromatic heterocycles. The van der Waals surface area contributed by atoms with Crippen LogP contribution in [0.25, 0.3) is 0 Å². The lowest BCUT2D eigenvalue weighted by atomic mass is 10.3. The van der Waals surface area contributed by atoms with Gasteiger partial charge in [-0.05, 0) is 24.3 Å². The van der Waals surface area contributed by atoms with E-state index < -0.39 is 0 Å². The first-order valence-corrected chi connectivity index (χ1v) is 3.96. The van der Waals surface area contributed by atoms with Crippen molar-refractivity contribution in [3.8, 4) is 5.75 Å². The number of rotatable bonds is 1. The quantitative estimate of drug-likeness (QED) is 0.671. The van der Waals surface area contributed by atoms with Gasteiger partial charge in [0.15, 0.2) is 0 Å². The Bertz CT molecular complexity index is 358. The van der Waals surface area contributed by atoms with E-state index in [9.17, 15) is 0 Å². The Hall–Kier alpha value is -1.55. The van der Waals surface area contributed by atoms with Gasteiger partial charge in [0.05, 0.1) is 0 Å². The molecule has 0 atom stereocenters. The Labute approximate surface area is 79.9 Å². The fourth-order valence-electron chi connectivity index (χ4n) is 0.831. The Morgan fingerprint density at radius 3 is 2.54 bits per heavy atom. The van der Waals surface area contributed by atoms with Crippen molar-refractivity contribution in [3.63, 3.8) is 0 Å². The SMILES string of the molecule is Clc1ccc(OC2=N[N]C=N2)cc1. The standard InChI is InChI=1S/C8H5ClN3O/c9-6-1-3-7(4-2-6)13-8-10-5-11-12-8/h1-5H. The highest BCUT2D eigenvalue weighted by Gasteiger charge is 2.04. The van der Waals surface area contributed by atoms with E-state index in [1.165, 1.54) is 6.34 Å². The average Bonchev–Trinajstić information content (AvgIpc) is 2.62. The summed E-state index contributed by atoms with van der Waals surface area (Å²) in [7, 11) is 0. The van der Waals surface area contributed by atoms with E-state index in [1.807, 2.05) is 0 Å². The number of hydrogen-bond donors (Lipinski definition) is 0. The topological polar surface area (TPSA) is 48.0 Å². The van der Waals surface area contributed by atoms with Crippen LogP contribution in [0.4, 0.5) is 0 Å². The van der Waals surface area contributed by atoms with E-state index in [0.717, 1.165) is 0 Å². The number of nitrogens with zero attached hydrogens (tertiary/aromatic N) is 3. The highest BCUT2D eigenvalue weighted by Crippen LogP contribution is 2.16. The first-order valence-electron chi connectivity index (χ1n) is 3.58. The zero-order chi connectivity index (χ0) is 9.10. The average molecular weight is 195 g/mol. The summed E-state index contributed by atoms with van der Waals surface area (Å²) in [6.45, 7) is 0. The molecule has 0 spiro atoms. The minimum absolute atomic E-state index is 0.238. The molecule has 0 unspecified atom stereocenters. The van der Waals surface area contributed by atoms with Crippen molar-refractivity contribution in [2.75, 3.05) is 0 Å². The molecule has 0 bridgehead atoms. The van der Waals surface area contributed by atoms with Crippen LogP contribution in [0.3, 0.4) is 0 Å². The van der Waals surface area contributed by atoms with Gasteiger partial charge in [0.25, 0.3) is 0 Å². The predicted molar refractivity (Wildman–Crippen MR) is 50.1 cm³/mol. The number of amidine groups is 1. The van der Waals surface area contributed by atoms with Gasteiger partial charge in [0, 0.05) is 5.02 Å². The maximum atomic E-state index is 5.69. The molecule has 1 aromatic carbocycles. The highest BCUT2D eigenvalue weighted by molar-refractivity contribution is 6.30. The minimum Gasteiger partial charge on any atom is -0.423 e. The molecule has 0 saturated heterocycles. The number of benzene rings is 1. The van der Waals surface area contributed by atoms with Crippen LogP contribution in [0.5, 0.6) is 5.75 Å². The Morgan fingerprint density at radius 2 is 1.92 bits per heavy atom. The molecule has 4 nitrogen and oxygen atoms in total. The van der Waals surface area contributed by atoms with Crippen molar-refractivity contribution in [1.29, 1.82) is 0 Å². The summed E-state index contributed by atoms with van der Waals surface area (Å²) in [5.41, 5.74) is 3.52. The molecular formula is C8H5ClN3O. The van der Waals surface area contributed by atoms with Gasteiger partial charge in [-0.1, -0.05) is 16.7 Å². The van der Waals surface area contributed by atoms with E-state index >= 15 is 0 Å². The molecule has 13 heavy (non-hydrogen) atoms. The first-order chi connectivity index (χ1) is 6.34. The van der Waals surface area contributed by atoms with Crippen molar-refractivity contribution >= 4 is 24.0 Å². The lowest BCUT2D eigenvalue weighted by molar-refractivity contribution is 0.541. The molecule has 1 aliphatic rings. The maximum absolute atomic E-state index is 5.69. The molecule has 1 heterocycles. The van der Waals surface area contributed by atoms with Gasteiger partial charge in [-0.3, -0.25) is 0 Å². The molecule has 65 valence electrons. The second-order valence-corrected chi connectivity index (χ2v) is 2.74. The largest absolute Gasteiger partial charge is 0.423 e. The van der Waals surface area contributed by atoms with Crippen molar-refractivity contribution in [3.05, 3.63) is 29.3 Å². The van der Waals surface area contributed by atoms with Gasteiger partial charge in [-0.15, -0.1) is 5.43 Å². The van der Waals surface area contributed by atoms with Crippen LogP contribution in [0.15, 0.2) is 34.4 Å². The molecule has 1 aliphatic heterocycles. The number of aliphatic imine (C=N–C) groups is 1. The van der Waals surface area contributed by atoms with Crippen LogP contribution in [-0.2, 0) is 0 Å². The Morgan fingerprint density at radius 1 is 1.15 bits per heavy atom. The molecule has 0 aliphatic carbocycles. The third-order valence-corrected chi connectivity index (χ3v) is 1.64. The number of ether oxygens (including phenoxy) is 1. The van der Waals surface area contributed by atoms with Gasteiger partial charge in [-0.25, -0.2) is 0 Å². The molecule has 0 fully saturated rings. The second-order valence-electron chi connectivity index (χ2n) is 2.30. The monoisotopic (exact) mass is 194 g/mol. The van der Waals surface area contributed by atoms with Gasteiger partial charge in [0.2, 0.25) is 0 Å². The second kappa shape index (κ2) is 3.45. The van der Waals surface area contributed by atoms with Crippen LogP contribution < -0.4 is 10.2 Å². The van der Waals surface area contributed by atoms with Gasteiger partial charge >= 0.3 is 6.02 Å². The zero-order valence-electron chi connectivity index (χ0n) is 6.51. The molecule has 0 saturated carbocycles. The van der Waals surface area contributed by atoms with Gasteiger partial charge in [-0.2, -0.15) is 4.99 Å². The highest BCUT2D eigenvalue weighted by atomic mass is 35.5. The summed E-state index contributed by atoms with van der Waals surface area (Å²) in [5, 5.41) is 4.28. The number of halogens is 1. The van der Waals surface area contributed by atoms with Crippen molar-refractivity contribution in [2.45, 2.75) is 0 Å². The molecule has 5 heteroatoms. The summed E-state index contributed by atoms with van der Waals surface area (Å²) in [6, 6.07) is 7.17. The van der Waals surface area contributed by atoms with E-state index in [2.05, 4.69) is 15.5 Å². The van der Waals surface area contributed by atoms with E-state index in [-0.39, 0.29) is 6.02 Å². The summed E-state index contributed by atoms with van der Waals surface area (Å²) < 4.78 is 5.23. The molecule has 2 rings (SSSR count). The van der Waals surface area contributed by atoms with Crippen LogP contribution in [0.2, 0.25) is 5.02 Å². The van der Waals surface area contributed by atoms with Crippen molar-refractivity contribution < 1.29 is 4.74 Å². The van der Waals surface area contributed by atoms with E-state index in [4.69, 9.17) is 16.3 Å². The summed E-state index contributed by atoms with van der Waals surface area (Å²) in [4.78, 5) is 3.76. The van der Waals surface area contributed by atoms with E-state index in [1.54, 1.807) is 24.3 Å². The fourth-order valence-corrected chi connectivity index (χ4v) is 0.957. The number of hydrogen-bond acceptors (Lipinski definition) is 3. The third-order valence-electron chi connectivity index (χ3n) is 1.39. The van der Waals surface area contributed by atoms with Gasteiger partial charge < -0.3 is 4.74 Å². The summed E-state index contributed by atoms with van der Waals surface area (Å²) in [6.07, 6.45) is 1.32. The molecule has 0 N–H and O–H groups in total. The van der Waals surface area contributed by atoms with Crippen molar-refractivity contribution in [2.24, 2.45) is 10.1 Å². The molecular weight excluding hydrogens is 190 g/mol. The van der Waals surface area contributed by atoms with E-state index in [0.29, 0.717) is 10.8 Å². The smallest absolute Gasteiger partial charge is 0.342 e. The molecule has 1 aromatic rings. The Kier molecular flexibility index (Phi) is 2.14. The Balaban J connectivity index is 2.09. The maximum Gasteiger partial charge on any atom is 0.342 e. The zero-order valence-corrected chi connectivity index (χ0v) is 7.27. The predicted octanol–water partition coefficient (Wildman–Crippen LogP) is 1.64. The lowest BCUT2D eigenvalue weighted by Gasteiger charge is -2.00. The van der Waals surface area contributed by atoms with Crippen LogP contribution in [-0.4, -0.2) is 12.4 Å². The minimum atomic E-state index is 0.238. The van der Waals surface area contributed by atoms with Gasteiger partial charge in [0.1, 0.15) is 12.1 Å². The van der Waals surface area contributed by atoms with Crippen molar-refractivity contribution in [1.82, 2.24) is 5.43 Å². The lowest BCUT2D eigenvalue weighted by Crippen LogP contribution is -2.02. The van der Waals surface area contributed by atoms with Crippen LogP contribution >= 0.6 is 11.6 Å². The first kappa shape index (κ1) is 8.07. The van der Waals surface area contributed by atoms with Crippen LogP contribution in [0, 0.1) is 0 Å². The normalized spacial score (nSPS) is 13.8.